The molecule has 0 heterocycles. The molecule has 136 valence electrons. The monoisotopic (exact) mass is 330 g/mol. The predicted octanol–water partition coefficient (Wildman–Crippen LogP) is 6.24. The molecule has 4 rings (SSSR count). The molecular weight excluding hydrogens is 292 g/mol. The van der Waals surface area contributed by atoms with Gasteiger partial charge in [-0.15, -0.1) is 0 Å². The highest BCUT2D eigenvalue weighted by molar-refractivity contribution is 5.25. The molecule has 0 bridgehead atoms. The molecule has 0 N–H and O–H groups in total. The molecule has 0 aromatic heterocycles. The van der Waals surface area contributed by atoms with Crippen LogP contribution in [0.1, 0.15) is 79.1 Å². The van der Waals surface area contributed by atoms with Crippen molar-refractivity contribution in [3.05, 3.63) is 11.6 Å². The van der Waals surface area contributed by atoms with E-state index in [0.29, 0.717) is 16.9 Å². The van der Waals surface area contributed by atoms with Crippen molar-refractivity contribution in [3.8, 4) is 0 Å². The van der Waals surface area contributed by atoms with E-state index in [9.17, 15) is 0 Å². The average Bonchev–Trinajstić information content (AvgIpc) is 2.91. The van der Waals surface area contributed by atoms with Crippen molar-refractivity contribution in [1.82, 2.24) is 0 Å². The lowest BCUT2D eigenvalue weighted by molar-refractivity contribution is -0.0586. The van der Waals surface area contributed by atoms with Crippen molar-refractivity contribution < 1.29 is 4.74 Å². The number of allylic oxidation sites excluding steroid dienone is 1. The smallest absolute Gasteiger partial charge is 0.0608 e. The molecule has 4 aliphatic carbocycles. The maximum atomic E-state index is 5.71. The van der Waals surface area contributed by atoms with Gasteiger partial charge in [0.1, 0.15) is 0 Å². The normalized spacial score (nSPS) is 50.9. The molecule has 3 saturated carbocycles. The number of hydrogen-bond donors (Lipinski definition) is 0. The fourth-order valence-corrected chi connectivity index (χ4v) is 7.96. The lowest BCUT2D eigenvalue weighted by Gasteiger charge is -2.58. The van der Waals surface area contributed by atoms with Gasteiger partial charge in [-0.1, -0.05) is 39.3 Å². The second-order valence-electron chi connectivity index (χ2n) is 10.3. The maximum Gasteiger partial charge on any atom is 0.0608 e. The zero-order chi connectivity index (χ0) is 17.1. The highest BCUT2D eigenvalue weighted by Gasteiger charge is 2.58. The van der Waals surface area contributed by atoms with E-state index in [2.05, 4.69) is 33.8 Å². The minimum Gasteiger partial charge on any atom is -0.381 e. The van der Waals surface area contributed by atoms with E-state index in [1.165, 1.54) is 51.4 Å². The summed E-state index contributed by atoms with van der Waals surface area (Å²) in [5.74, 6) is 4.71. The Labute approximate surface area is 149 Å². The van der Waals surface area contributed by atoms with Crippen LogP contribution >= 0.6 is 0 Å². The molecular formula is C23H38O. The van der Waals surface area contributed by atoms with Crippen LogP contribution in [0, 0.1) is 40.4 Å². The zero-order valence-electron chi connectivity index (χ0n) is 16.6. The van der Waals surface area contributed by atoms with Crippen molar-refractivity contribution in [2.75, 3.05) is 7.11 Å². The molecule has 0 radical (unpaired) electrons. The summed E-state index contributed by atoms with van der Waals surface area (Å²) in [7, 11) is 1.90. The SMILES string of the molecule is COC1CC[C@]2(C)C(=CC[C@@H]3[C@H]4CC[C@@H](C(C)C)[C@]4(C)CC[C@H]32)C1. The Kier molecular flexibility index (Phi) is 4.18. The van der Waals surface area contributed by atoms with E-state index in [1.807, 2.05) is 7.11 Å². The van der Waals surface area contributed by atoms with Crippen LogP contribution < -0.4 is 0 Å². The third-order valence-corrected chi connectivity index (χ3v) is 9.27. The lowest BCUT2D eigenvalue weighted by atomic mass is 9.47. The summed E-state index contributed by atoms with van der Waals surface area (Å²) >= 11 is 0. The Hall–Kier alpha value is -0.300. The molecule has 3 fully saturated rings. The summed E-state index contributed by atoms with van der Waals surface area (Å²) < 4.78 is 5.71. The van der Waals surface area contributed by atoms with E-state index in [0.717, 1.165) is 29.6 Å². The fourth-order valence-electron chi connectivity index (χ4n) is 7.96. The third kappa shape index (κ3) is 2.29. The first kappa shape index (κ1) is 17.1. The van der Waals surface area contributed by atoms with E-state index in [4.69, 9.17) is 4.74 Å². The summed E-state index contributed by atoms with van der Waals surface area (Å²) in [6, 6.07) is 0. The fraction of sp³-hybridized carbons (Fsp3) is 0.913. The van der Waals surface area contributed by atoms with Crippen molar-refractivity contribution >= 4 is 0 Å². The molecule has 0 aromatic carbocycles. The van der Waals surface area contributed by atoms with Crippen LogP contribution in [0.2, 0.25) is 0 Å². The van der Waals surface area contributed by atoms with Gasteiger partial charge in [0.25, 0.3) is 0 Å². The van der Waals surface area contributed by atoms with Crippen molar-refractivity contribution in [1.29, 1.82) is 0 Å². The topological polar surface area (TPSA) is 9.23 Å². The Morgan fingerprint density at radius 2 is 1.83 bits per heavy atom. The Bertz CT molecular complexity index is 520. The molecule has 24 heavy (non-hydrogen) atoms. The number of hydrogen-bond acceptors (Lipinski definition) is 1. The van der Waals surface area contributed by atoms with E-state index in [1.54, 1.807) is 5.57 Å². The molecule has 0 amide bonds. The van der Waals surface area contributed by atoms with Gasteiger partial charge in [0, 0.05) is 7.11 Å². The van der Waals surface area contributed by atoms with Crippen molar-refractivity contribution in [3.63, 3.8) is 0 Å². The second kappa shape index (κ2) is 5.86. The van der Waals surface area contributed by atoms with Crippen LogP contribution in [0.25, 0.3) is 0 Å². The van der Waals surface area contributed by atoms with E-state index < -0.39 is 0 Å². The minimum atomic E-state index is 0.478. The van der Waals surface area contributed by atoms with Crippen LogP contribution in [-0.2, 0) is 4.74 Å². The highest BCUT2D eigenvalue weighted by Crippen LogP contribution is 2.67. The molecule has 1 nitrogen and oxygen atoms in total. The van der Waals surface area contributed by atoms with Crippen LogP contribution in [0.4, 0.5) is 0 Å². The lowest BCUT2D eigenvalue weighted by Crippen LogP contribution is -2.50. The van der Waals surface area contributed by atoms with E-state index >= 15 is 0 Å². The molecule has 0 aliphatic heterocycles. The van der Waals surface area contributed by atoms with Gasteiger partial charge in [-0.2, -0.15) is 0 Å². The maximum absolute atomic E-state index is 5.71. The largest absolute Gasteiger partial charge is 0.381 e. The highest BCUT2D eigenvalue weighted by atomic mass is 16.5. The van der Waals surface area contributed by atoms with Crippen LogP contribution in [0.5, 0.6) is 0 Å². The molecule has 1 unspecified atom stereocenters. The van der Waals surface area contributed by atoms with Crippen LogP contribution in [0.3, 0.4) is 0 Å². The first-order chi connectivity index (χ1) is 11.4. The van der Waals surface area contributed by atoms with Gasteiger partial charge in [-0.3, -0.25) is 0 Å². The number of fused-ring (bicyclic) bond motifs is 5. The summed E-state index contributed by atoms with van der Waals surface area (Å²) in [5, 5.41) is 0. The first-order valence-electron chi connectivity index (χ1n) is 10.6. The molecule has 0 saturated heterocycles. The van der Waals surface area contributed by atoms with E-state index in [-0.39, 0.29) is 0 Å². The van der Waals surface area contributed by atoms with Gasteiger partial charge >= 0.3 is 0 Å². The first-order valence-corrected chi connectivity index (χ1v) is 10.6. The van der Waals surface area contributed by atoms with Gasteiger partial charge in [-0.25, -0.2) is 0 Å². The van der Waals surface area contributed by atoms with Gasteiger partial charge in [-0.05, 0) is 91.8 Å². The molecule has 0 spiro atoms. The van der Waals surface area contributed by atoms with Crippen LogP contribution in [0.15, 0.2) is 11.6 Å². The Morgan fingerprint density at radius 1 is 1.04 bits per heavy atom. The predicted molar refractivity (Wildman–Crippen MR) is 101 cm³/mol. The zero-order valence-corrected chi connectivity index (χ0v) is 16.6. The molecule has 0 aromatic rings. The summed E-state index contributed by atoms with van der Waals surface area (Å²) in [6.07, 6.45) is 14.3. The van der Waals surface area contributed by atoms with Crippen molar-refractivity contribution in [2.45, 2.75) is 85.2 Å². The van der Waals surface area contributed by atoms with Gasteiger partial charge in [0.15, 0.2) is 0 Å². The summed E-state index contributed by atoms with van der Waals surface area (Å²) in [4.78, 5) is 0. The molecule has 7 atom stereocenters. The third-order valence-electron chi connectivity index (χ3n) is 9.27. The van der Waals surface area contributed by atoms with Gasteiger partial charge in [0.05, 0.1) is 6.10 Å². The summed E-state index contributed by atoms with van der Waals surface area (Å²) in [6.45, 7) is 10.2. The Morgan fingerprint density at radius 3 is 2.54 bits per heavy atom. The van der Waals surface area contributed by atoms with Crippen LogP contribution in [-0.4, -0.2) is 13.2 Å². The second-order valence-corrected chi connectivity index (χ2v) is 10.3. The Balaban J connectivity index is 1.62. The molecule has 4 aliphatic rings. The van der Waals surface area contributed by atoms with Gasteiger partial charge < -0.3 is 4.74 Å². The summed E-state index contributed by atoms with van der Waals surface area (Å²) in [5.41, 5.74) is 2.86. The average molecular weight is 331 g/mol. The van der Waals surface area contributed by atoms with Crippen molar-refractivity contribution in [2.24, 2.45) is 40.4 Å². The quantitative estimate of drug-likeness (QED) is 0.545. The standard InChI is InChI=1S/C23H38O/c1-15(2)19-8-9-20-18-7-6-16-14-17(24-5)10-12-22(16,3)21(18)11-13-23(19,20)4/h6,15,17-21H,7-14H2,1-5H3/t17?,18-,19+,20-,21-,22-,23+/m1/s1. The number of rotatable bonds is 2. The number of methoxy groups -OCH3 is 1. The van der Waals surface area contributed by atoms with Gasteiger partial charge in [0.2, 0.25) is 0 Å². The minimum absolute atomic E-state index is 0.478. The number of ether oxygens (including phenoxy) is 1. The molecule has 1 heteroatoms.